The Kier molecular flexibility index (Phi) is 3.58. The first-order valence-corrected chi connectivity index (χ1v) is 6.62. The van der Waals surface area contributed by atoms with Crippen LogP contribution in [0.15, 0.2) is 47.0 Å². The van der Waals surface area contributed by atoms with Crippen LogP contribution in [0.25, 0.3) is 11.4 Å². The Morgan fingerprint density at radius 2 is 2.05 bits per heavy atom. The molecule has 0 aliphatic heterocycles. The Bertz CT molecular complexity index is 788. The van der Waals surface area contributed by atoms with E-state index >= 15 is 0 Å². The molecule has 2 N–H and O–H groups in total. The van der Waals surface area contributed by atoms with E-state index in [4.69, 9.17) is 21.9 Å². The van der Waals surface area contributed by atoms with Gasteiger partial charge in [0.2, 0.25) is 11.7 Å². The summed E-state index contributed by atoms with van der Waals surface area (Å²) in [6, 6.07) is 11.7. The predicted octanol–water partition coefficient (Wildman–Crippen LogP) is 3.70. The first-order valence-electron chi connectivity index (χ1n) is 6.24. The highest BCUT2D eigenvalue weighted by Crippen LogP contribution is 2.23. The maximum atomic E-state index is 13.1. The van der Waals surface area contributed by atoms with Crippen LogP contribution in [0.2, 0.25) is 5.02 Å². The summed E-state index contributed by atoms with van der Waals surface area (Å²) in [5, 5.41) is 3.90. The molecule has 21 heavy (non-hydrogen) atoms. The predicted molar refractivity (Wildman–Crippen MR) is 78.4 cm³/mol. The van der Waals surface area contributed by atoms with Crippen LogP contribution in [0.1, 0.15) is 11.5 Å². The van der Waals surface area contributed by atoms with E-state index in [-0.39, 0.29) is 5.02 Å². The normalized spacial score (nSPS) is 10.8. The standard InChI is InChI=1S/C15H11ClFN3O/c16-12-8-10(4-5-13(12)17)15-19-14(21-20-15)7-9-2-1-3-11(18)6-9/h1-6,8H,7,18H2. The van der Waals surface area contributed by atoms with Crippen molar-refractivity contribution in [1.29, 1.82) is 0 Å². The van der Waals surface area contributed by atoms with Gasteiger partial charge >= 0.3 is 0 Å². The molecule has 0 bridgehead atoms. The van der Waals surface area contributed by atoms with E-state index in [9.17, 15) is 4.39 Å². The summed E-state index contributed by atoms with van der Waals surface area (Å²) < 4.78 is 18.3. The van der Waals surface area contributed by atoms with Gasteiger partial charge in [-0.25, -0.2) is 4.39 Å². The van der Waals surface area contributed by atoms with Crippen molar-refractivity contribution in [2.24, 2.45) is 0 Å². The zero-order chi connectivity index (χ0) is 14.8. The summed E-state index contributed by atoms with van der Waals surface area (Å²) >= 11 is 5.74. The minimum Gasteiger partial charge on any atom is -0.399 e. The van der Waals surface area contributed by atoms with Gasteiger partial charge in [0.25, 0.3) is 0 Å². The molecule has 1 aromatic heterocycles. The molecule has 3 aromatic rings. The lowest BCUT2D eigenvalue weighted by Crippen LogP contribution is -1.91. The fourth-order valence-electron chi connectivity index (χ4n) is 1.96. The molecule has 3 rings (SSSR count). The quantitative estimate of drug-likeness (QED) is 0.749. The van der Waals surface area contributed by atoms with Gasteiger partial charge in [0.05, 0.1) is 11.4 Å². The van der Waals surface area contributed by atoms with Gasteiger partial charge in [0.1, 0.15) is 5.82 Å². The third-order valence-corrected chi connectivity index (χ3v) is 3.24. The van der Waals surface area contributed by atoms with Crippen LogP contribution in [-0.4, -0.2) is 10.1 Å². The summed E-state index contributed by atoms with van der Waals surface area (Å²) in [7, 11) is 0. The molecule has 0 fully saturated rings. The van der Waals surface area contributed by atoms with Gasteiger partial charge in [-0.2, -0.15) is 4.98 Å². The van der Waals surface area contributed by atoms with Gasteiger partial charge < -0.3 is 10.3 Å². The second-order valence-electron chi connectivity index (χ2n) is 4.56. The molecule has 2 aromatic carbocycles. The molecule has 0 radical (unpaired) electrons. The average Bonchev–Trinajstić information content (AvgIpc) is 2.90. The number of anilines is 1. The van der Waals surface area contributed by atoms with Crippen molar-refractivity contribution in [2.75, 3.05) is 5.73 Å². The number of hydrogen-bond donors (Lipinski definition) is 1. The molecule has 0 unspecified atom stereocenters. The number of aromatic nitrogens is 2. The van der Waals surface area contributed by atoms with E-state index in [1.807, 2.05) is 24.3 Å². The molecule has 0 amide bonds. The largest absolute Gasteiger partial charge is 0.399 e. The number of benzene rings is 2. The van der Waals surface area contributed by atoms with Crippen molar-refractivity contribution in [3.05, 3.63) is 64.8 Å². The lowest BCUT2D eigenvalue weighted by molar-refractivity contribution is 0.385. The smallest absolute Gasteiger partial charge is 0.231 e. The number of nitrogen functional groups attached to an aromatic ring is 1. The van der Waals surface area contributed by atoms with Crippen LogP contribution >= 0.6 is 11.6 Å². The minimum atomic E-state index is -0.483. The van der Waals surface area contributed by atoms with Crippen LogP contribution < -0.4 is 5.73 Å². The van der Waals surface area contributed by atoms with Crippen molar-refractivity contribution in [2.45, 2.75) is 6.42 Å². The number of nitrogens with zero attached hydrogens (tertiary/aromatic N) is 2. The van der Waals surface area contributed by atoms with Crippen LogP contribution in [0, 0.1) is 5.82 Å². The van der Waals surface area contributed by atoms with Gasteiger partial charge in [0, 0.05) is 11.3 Å². The molecule has 1 heterocycles. The summed E-state index contributed by atoms with van der Waals surface area (Å²) in [5.41, 5.74) is 7.98. The van der Waals surface area contributed by atoms with Gasteiger partial charge in [0.15, 0.2) is 0 Å². The molecule has 0 saturated carbocycles. The maximum Gasteiger partial charge on any atom is 0.231 e. The Morgan fingerprint density at radius 3 is 2.81 bits per heavy atom. The third kappa shape index (κ3) is 3.03. The zero-order valence-corrected chi connectivity index (χ0v) is 11.6. The first-order chi connectivity index (χ1) is 10.1. The second kappa shape index (κ2) is 5.54. The lowest BCUT2D eigenvalue weighted by Gasteiger charge is -1.98. The van der Waals surface area contributed by atoms with Gasteiger partial charge in [-0.1, -0.05) is 28.9 Å². The summed E-state index contributed by atoms with van der Waals surface area (Å²) in [5.74, 6) is 0.343. The topological polar surface area (TPSA) is 64.9 Å². The molecule has 6 heteroatoms. The van der Waals surface area contributed by atoms with Gasteiger partial charge in [-0.3, -0.25) is 0 Å². The monoisotopic (exact) mass is 303 g/mol. The van der Waals surface area contributed by atoms with Crippen molar-refractivity contribution in [1.82, 2.24) is 10.1 Å². The number of rotatable bonds is 3. The van der Waals surface area contributed by atoms with Gasteiger partial charge in [-0.15, -0.1) is 0 Å². The van der Waals surface area contributed by atoms with E-state index in [1.54, 1.807) is 6.07 Å². The fourth-order valence-corrected chi connectivity index (χ4v) is 2.14. The molecule has 0 spiro atoms. The third-order valence-electron chi connectivity index (χ3n) is 2.95. The Labute approximate surface area is 125 Å². The number of halogens is 2. The molecular weight excluding hydrogens is 293 g/mol. The summed E-state index contributed by atoms with van der Waals surface area (Å²) in [6.07, 6.45) is 0.479. The zero-order valence-electron chi connectivity index (χ0n) is 10.9. The molecule has 0 aliphatic carbocycles. The van der Waals surface area contributed by atoms with Crippen LogP contribution in [0.3, 0.4) is 0 Å². The van der Waals surface area contributed by atoms with Crippen LogP contribution in [-0.2, 0) is 6.42 Å². The Hall–Kier alpha value is -2.40. The van der Waals surface area contributed by atoms with Crippen molar-refractivity contribution >= 4 is 17.3 Å². The molecular formula is C15H11ClFN3O. The SMILES string of the molecule is Nc1cccc(Cc2nc(-c3ccc(F)c(Cl)c3)no2)c1. The Morgan fingerprint density at radius 1 is 1.19 bits per heavy atom. The van der Waals surface area contributed by atoms with E-state index in [0.717, 1.165) is 5.56 Å². The van der Waals surface area contributed by atoms with Crippen molar-refractivity contribution in [3.8, 4) is 11.4 Å². The molecule has 4 nitrogen and oxygen atoms in total. The first kappa shape index (κ1) is 13.6. The minimum absolute atomic E-state index is 0.0229. The average molecular weight is 304 g/mol. The van der Waals surface area contributed by atoms with Crippen molar-refractivity contribution < 1.29 is 8.91 Å². The summed E-state index contributed by atoms with van der Waals surface area (Å²) in [4.78, 5) is 4.28. The summed E-state index contributed by atoms with van der Waals surface area (Å²) in [6.45, 7) is 0. The number of nitrogens with two attached hydrogens (primary N) is 1. The van der Waals surface area contributed by atoms with E-state index in [1.165, 1.54) is 12.1 Å². The highest BCUT2D eigenvalue weighted by molar-refractivity contribution is 6.31. The van der Waals surface area contributed by atoms with E-state index < -0.39 is 5.82 Å². The molecule has 0 saturated heterocycles. The molecule has 106 valence electrons. The Balaban J connectivity index is 1.84. The highest BCUT2D eigenvalue weighted by Gasteiger charge is 2.11. The van der Waals surface area contributed by atoms with E-state index in [0.29, 0.717) is 29.4 Å². The van der Waals surface area contributed by atoms with Crippen LogP contribution in [0.4, 0.5) is 10.1 Å². The van der Waals surface area contributed by atoms with E-state index in [2.05, 4.69) is 10.1 Å². The molecule has 0 atom stereocenters. The van der Waals surface area contributed by atoms with Gasteiger partial charge in [-0.05, 0) is 35.9 Å². The maximum absolute atomic E-state index is 13.1. The number of hydrogen-bond acceptors (Lipinski definition) is 4. The molecule has 0 aliphatic rings. The highest BCUT2D eigenvalue weighted by atomic mass is 35.5. The lowest BCUT2D eigenvalue weighted by atomic mass is 10.1. The van der Waals surface area contributed by atoms with Crippen LogP contribution in [0.5, 0.6) is 0 Å². The van der Waals surface area contributed by atoms with Crippen molar-refractivity contribution in [3.63, 3.8) is 0 Å². The fraction of sp³-hybridized carbons (Fsp3) is 0.0667. The second-order valence-corrected chi connectivity index (χ2v) is 4.97.